The molecule has 0 saturated carbocycles. The third kappa shape index (κ3) is 2.81. The molecule has 1 atom stereocenters. The van der Waals surface area contributed by atoms with Crippen molar-refractivity contribution in [3.63, 3.8) is 0 Å². The Morgan fingerprint density at radius 2 is 2.28 bits per heavy atom. The van der Waals surface area contributed by atoms with Crippen LogP contribution in [-0.4, -0.2) is 38.3 Å². The molecule has 1 heterocycles. The maximum Gasteiger partial charge on any atom is 0.136 e. The normalized spacial score (nSPS) is 19.7. The third-order valence-electron chi connectivity index (χ3n) is 3.35. The molecular weight excluding hydrogens is 228 g/mol. The molecular formula is C14H18N2O2. The maximum atomic E-state index is 9.05. The number of nitrogens with zero attached hydrogens (tertiary/aromatic N) is 2. The molecule has 4 nitrogen and oxygen atoms in total. The van der Waals surface area contributed by atoms with E-state index in [4.69, 9.17) is 14.7 Å². The second kappa shape index (κ2) is 5.85. The van der Waals surface area contributed by atoms with Gasteiger partial charge in [-0.05, 0) is 24.1 Å². The van der Waals surface area contributed by atoms with E-state index in [-0.39, 0.29) is 0 Å². The van der Waals surface area contributed by atoms with Gasteiger partial charge in [-0.15, -0.1) is 0 Å². The Balaban J connectivity index is 2.04. The van der Waals surface area contributed by atoms with Gasteiger partial charge in [0.2, 0.25) is 0 Å². The molecule has 0 aromatic heterocycles. The third-order valence-corrected chi connectivity index (χ3v) is 3.35. The number of ether oxygens (including phenoxy) is 2. The number of methoxy groups -OCH3 is 2. The molecule has 0 amide bonds. The summed E-state index contributed by atoms with van der Waals surface area (Å²) in [4.78, 5) is 2.34. The van der Waals surface area contributed by atoms with Crippen molar-refractivity contribution >= 4 is 0 Å². The van der Waals surface area contributed by atoms with Gasteiger partial charge in [0.05, 0.1) is 18.8 Å². The topological polar surface area (TPSA) is 45.5 Å². The zero-order valence-electron chi connectivity index (χ0n) is 10.8. The average molecular weight is 246 g/mol. The molecule has 1 fully saturated rings. The van der Waals surface area contributed by atoms with E-state index in [1.807, 2.05) is 18.2 Å². The van der Waals surface area contributed by atoms with Gasteiger partial charge in [0.1, 0.15) is 11.8 Å². The van der Waals surface area contributed by atoms with Crippen molar-refractivity contribution in [2.45, 2.75) is 19.1 Å². The zero-order valence-corrected chi connectivity index (χ0v) is 10.8. The lowest BCUT2D eigenvalue weighted by atomic mass is 10.1. The van der Waals surface area contributed by atoms with Crippen LogP contribution in [0.5, 0.6) is 5.75 Å². The Labute approximate surface area is 108 Å². The molecule has 96 valence electrons. The van der Waals surface area contributed by atoms with Crippen LogP contribution in [0.2, 0.25) is 0 Å². The fourth-order valence-corrected chi connectivity index (χ4v) is 2.33. The first kappa shape index (κ1) is 12.9. The summed E-state index contributed by atoms with van der Waals surface area (Å²) in [6, 6.07) is 7.94. The van der Waals surface area contributed by atoms with Crippen LogP contribution in [0.15, 0.2) is 18.2 Å². The highest BCUT2D eigenvalue weighted by Gasteiger charge is 2.21. The number of hydrogen-bond acceptors (Lipinski definition) is 4. The molecule has 0 spiro atoms. The second-order valence-corrected chi connectivity index (χ2v) is 4.53. The smallest absolute Gasteiger partial charge is 0.136 e. The fourth-order valence-electron chi connectivity index (χ4n) is 2.33. The SMILES string of the molecule is COc1ccc(CN2CCC(OC)C2)cc1C#N. The number of benzene rings is 1. The van der Waals surface area contributed by atoms with Crippen LogP contribution in [0.4, 0.5) is 0 Å². The summed E-state index contributed by atoms with van der Waals surface area (Å²) in [6.07, 6.45) is 1.43. The van der Waals surface area contributed by atoms with Crippen LogP contribution in [0.25, 0.3) is 0 Å². The van der Waals surface area contributed by atoms with E-state index >= 15 is 0 Å². The molecule has 2 rings (SSSR count). The van der Waals surface area contributed by atoms with Crippen molar-refractivity contribution in [3.05, 3.63) is 29.3 Å². The van der Waals surface area contributed by atoms with E-state index in [2.05, 4.69) is 11.0 Å². The van der Waals surface area contributed by atoms with Crippen LogP contribution >= 0.6 is 0 Å². The van der Waals surface area contributed by atoms with E-state index in [1.165, 1.54) is 0 Å². The first-order chi connectivity index (χ1) is 8.76. The van der Waals surface area contributed by atoms with Crippen molar-refractivity contribution in [3.8, 4) is 11.8 Å². The van der Waals surface area contributed by atoms with Gasteiger partial charge in [-0.3, -0.25) is 4.90 Å². The van der Waals surface area contributed by atoms with Gasteiger partial charge in [-0.2, -0.15) is 5.26 Å². The highest BCUT2D eigenvalue weighted by atomic mass is 16.5. The lowest BCUT2D eigenvalue weighted by Crippen LogP contribution is -2.22. The van der Waals surface area contributed by atoms with E-state index in [9.17, 15) is 0 Å². The first-order valence-corrected chi connectivity index (χ1v) is 6.09. The van der Waals surface area contributed by atoms with Gasteiger partial charge in [0.15, 0.2) is 0 Å². The highest BCUT2D eigenvalue weighted by Crippen LogP contribution is 2.21. The molecule has 0 aliphatic carbocycles. The lowest BCUT2D eigenvalue weighted by Gasteiger charge is -2.16. The van der Waals surface area contributed by atoms with Crippen LogP contribution in [0.3, 0.4) is 0 Å². The molecule has 0 bridgehead atoms. The van der Waals surface area contributed by atoms with Gasteiger partial charge in [0.25, 0.3) is 0 Å². The Hall–Kier alpha value is -1.57. The quantitative estimate of drug-likeness (QED) is 0.812. The summed E-state index contributed by atoms with van der Waals surface area (Å²) in [5.74, 6) is 0.637. The van der Waals surface area contributed by atoms with Gasteiger partial charge in [-0.1, -0.05) is 6.07 Å². The molecule has 4 heteroatoms. The monoisotopic (exact) mass is 246 g/mol. The van der Waals surface area contributed by atoms with Crippen LogP contribution in [-0.2, 0) is 11.3 Å². The molecule has 0 N–H and O–H groups in total. The Bertz CT molecular complexity index is 454. The van der Waals surface area contributed by atoms with Gasteiger partial charge in [0, 0.05) is 26.7 Å². The predicted octanol–water partition coefficient (Wildman–Crippen LogP) is 1.79. The van der Waals surface area contributed by atoms with E-state index in [0.717, 1.165) is 31.6 Å². The standard InChI is InChI=1S/C14H18N2O2/c1-17-13-5-6-16(10-13)9-11-3-4-14(18-2)12(7-11)8-15/h3-4,7,13H,5-6,9-10H2,1-2H3. The first-order valence-electron chi connectivity index (χ1n) is 6.09. The van der Waals surface area contributed by atoms with Gasteiger partial charge < -0.3 is 9.47 Å². The lowest BCUT2D eigenvalue weighted by molar-refractivity contribution is 0.107. The summed E-state index contributed by atoms with van der Waals surface area (Å²) < 4.78 is 10.5. The molecule has 1 aromatic rings. The van der Waals surface area contributed by atoms with Crippen molar-refractivity contribution in [1.29, 1.82) is 5.26 Å². The minimum absolute atomic E-state index is 0.346. The number of rotatable bonds is 4. The molecule has 18 heavy (non-hydrogen) atoms. The van der Waals surface area contributed by atoms with Crippen molar-refractivity contribution < 1.29 is 9.47 Å². The summed E-state index contributed by atoms with van der Waals surface area (Å²) in [7, 11) is 3.34. The average Bonchev–Trinajstić information content (AvgIpc) is 2.86. The van der Waals surface area contributed by atoms with Gasteiger partial charge >= 0.3 is 0 Å². The Morgan fingerprint density at radius 1 is 1.44 bits per heavy atom. The fraction of sp³-hybridized carbons (Fsp3) is 0.500. The molecule has 1 saturated heterocycles. The summed E-state index contributed by atoms with van der Waals surface area (Å²) in [6.45, 7) is 2.87. The Kier molecular flexibility index (Phi) is 4.19. The minimum Gasteiger partial charge on any atom is -0.495 e. The summed E-state index contributed by atoms with van der Waals surface area (Å²) in [5.41, 5.74) is 1.74. The van der Waals surface area contributed by atoms with Crippen molar-refractivity contribution in [2.75, 3.05) is 27.3 Å². The van der Waals surface area contributed by atoms with E-state index in [0.29, 0.717) is 17.4 Å². The second-order valence-electron chi connectivity index (χ2n) is 4.53. The highest BCUT2D eigenvalue weighted by molar-refractivity contribution is 5.45. The van der Waals surface area contributed by atoms with Crippen LogP contribution in [0.1, 0.15) is 17.5 Å². The zero-order chi connectivity index (χ0) is 13.0. The number of hydrogen-bond donors (Lipinski definition) is 0. The van der Waals surface area contributed by atoms with Crippen LogP contribution < -0.4 is 4.74 Å². The number of likely N-dealkylation sites (tertiary alicyclic amines) is 1. The molecule has 1 aliphatic rings. The maximum absolute atomic E-state index is 9.05. The molecule has 0 radical (unpaired) electrons. The molecule has 1 aliphatic heterocycles. The van der Waals surface area contributed by atoms with E-state index in [1.54, 1.807) is 14.2 Å². The van der Waals surface area contributed by atoms with Crippen molar-refractivity contribution in [2.24, 2.45) is 0 Å². The Morgan fingerprint density at radius 3 is 2.89 bits per heavy atom. The predicted molar refractivity (Wildman–Crippen MR) is 68.4 cm³/mol. The van der Waals surface area contributed by atoms with Crippen LogP contribution in [0, 0.1) is 11.3 Å². The molecule has 1 unspecified atom stereocenters. The van der Waals surface area contributed by atoms with Gasteiger partial charge in [-0.25, -0.2) is 0 Å². The summed E-state index contributed by atoms with van der Waals surface area (Å²) >= 11 is 0. The summed E-state index contributed by atoms with van der Waals surface area (Å²) in [5, 5.41) is 9.05. The van der Waals surface area contributed by atoms with E-state index < -0.39 is 0 Å². The minimum atomic E-state index is 0.346. The largest absolute Gasteiger partial charge is 0.495 e. The van der Waals surface area contributed by atoms with Crippen molar-refractivity contribution in [1.82, 2.24) is 4.90 Å². The number of nitriles is 1. The molecule has 1 aromatic carbocycles.